The topological polar surface area (TPSA) is 107 Å². The van der Waals surface area contributed by atoms with Gasteiger partial charge in [0, 0.05) is 5.69 Å². The molecule has 0 saturated carbocycles. The predicted molar refractivity (Wildman–Crippen MR) is 90.8 cm³/mol. The number of hydrogen-bond donors (Lipinski definition) is 3. The predicted octanol–water partition coefficient (Wildman–Crippen LogP) is 2.14. The molecule has 2 amide bonds. The number of amides is 2. The fourth-order valence-corrected chi connectivity index (χ4v) is 2.74. The summed E-state index contributed by atoms with van der Waals surface area (Å²) < 4.78 is 0. The average Bonchev–Trinajstić information content (AvgIpc) is 2.84. The molecule has 25 heavy (non-hydrogen) atoms. The Bertz CT molecular complexity index is 860. The van der Waals surface area contributed by atoms with Gasteiger partial charge in [-0.1, -0.05) is 6.07 Å². The third-order valence-corrected chi connectivity index (χ3v) is 4.05. The molecule has 128 valence electrons. The Morgan fingerprint density at radius 1 is 1.16 bits per heavy atom. The van der Waals surface area contributed by atoms with Crippen LogP contribution in [0.15, 0.2) is 42.5 Å². The summed E-state index contributed by atoms with van der Waals surface area (Å²) in [6.07, 6.45) is -0.0313. The fraction of sp³-hybridized carbons (Fsp3) is 0.167. The van der Waals surface area contributed by atoms with Crippen LogP contribution in [0.4, 0.5) is 11.4 Å². The standard InChI is InChI=1S/C18H16N2O5/c1-10-2-3-11(18(24)25)8-15(10)20-16(22)9-14(17(20)23)19-12-4-6-13(21)7-5-12/h2-8,14,19,21H,9H2,1H3,(H,24,25). The molecule has 1 aliphatic heterocycles. The molecule has 3 N–H and O–H groups in total. The monoisotopic (exact) mass is 340 g/mol. The number of carbonyl (C=O) groups is 3. The maximum absolute atomic E-state index is 12.7. The zero-order valence-corrected chi connectivity index (χ0v) is 13.4. The highest BCUT2D eigenvalue weighted by Gasteiger charge is 2.40. The van der Waals surface area contributed by atoms with E-state index in [2.05, 4.69) is 5.32 Å². The Hall–Kier alpha value is -3.35. The number of phenolic OH excluding ortho intramolecular Hbond substituents is 1. The molecule has 1 unspecified atom stereocenters. The Labute approximate surface area is 143 Å². The van der Waals surface area contributed by atoms with Gasteiger partial charge in [-0.15, -0.1) is 0 Å². The molecule has 0 aliphatic carbocycles. The molecule has 0 bridgehead atoms. The van der Waals surface area contributed by atoms with Gasteiger partial charge in [-0.3, -0.25) is 9.59 Å². The van der Waals surface area contributed by atoms with E-state index in [1.807, 2.05) is 0 Å². The third-order valence-electron chi connectivity index (χ3n) is 4.05. The average molecular weight is 340 g/mol. The van der Waals surface area contributed by atoms with Crippen molar-refractivity contribution in [3.05, 3.63) is 53.6 Å². The SMILES string of the molecule is Cc1ccc(C(=O)O)cc1N1C(=O)CC(Nc2ccc(O)cc2)C1=O. The molecule has 0 aromatic heterocycles. The zero-order chi connectivity index (χ0) is 18.1. The van der Waals surface area contributed by atoms with Crippen molar-refractivity contribution in [2.24, 2.45) is 0 Å². The minimum atomic E-state index is -1.13. The van der Waals surface area contributed by atoms with Gasteiger partial charge in [0.1, 0.15) is 11.8 Å². The van der Waals surface area contributed by atoms with Crippen molar-refractivity contribution in [2.75, 3.05) is 10.2 Å². The first-order valence-electron chi connectivity index (χ1n) is 7.63. The largest absolute Gasteiger partial charge is 0.508 e. The van der Waals surface area contributed by atoms with Crippen molar-refractivity contribution < 1.29 is 24.6 Å². The molecule has 1 atom stereocenters. The molecule has 2 aromatic rings. The van der Waals surface area contributed by atoms with Crippen molar-refractivity contribution >= 4 is 29.2 Å². The number of nitrogens with zero attached hydrogens (tertiary/aromatic N) is 1. The minimum absolute atomic E-state index is 0.0103. The van der Waals surface area contributed by atoms with E-state index >= 15 is 0 Å². The number of aromatic carboxylic acids is 1. The number of anilines is 2. The summed E-state index contributed by atoms with van der Waals surface area (Å²) in [6.45, 7) is 1.71. The second-order valence-corrected chi connectivity index (χ2v) is 5.82. The number of phenols is 1. The van der Waals surface area contributed by atoms with E-state index in [1.54, 1.807) is 25.1 Å². The van der Waals surface area contributed by atoms with Crippen LogP contribution < -0.4 is 10.2 Å². The Morgan fingerprint density at radius 3 is 2.48 bits per heavy atom. The Kier molecular flexibility index (Phi) is 4.14. The van der Waals surface area contributed by atoms with Crippen LogP contribution in [-0.4, -0.2) is 34.0 Å². The first-order valence-corrected chi connectivity index (χ1v) is 7.63. The van der Waals surface area contributed by atoms with Crippen molar-refractivity contribution in [3.63, 3.8) is 0 Å². The van der Waals surface area contributed by atoms with E-state index in [9.17, 15) is 19.5 Å². The molecule has 1 fully saturated rings. The normalized spacial score (nSPS) is 17.0. The smallest absolute Gasteiger partial charge is 0.335 e. The number of carboxylic acid groups (broad SMARTS) is 1. The van der Waals surface area contributed by atoms with Gasteiger partial charge in [-0.25, -0.2) is 9.69 Å². The first kappa shape index (κ1) is 16.5. The summed E-state index contributed by atoms with van der Waals surface area (Å²) >= 11 is 0. The van der Waals surface area contributed by atoms with Gasteiger partial charge < -0.3 is 15.5 Å². The molecular formula is C18H16N2O5. The van der Waals surface area contributed by atoms with Gasteiger partial charge in [0.15, 0.2) is 0 Å². The van der Waals surface area contributed by atoms with Crippen molar-refractivity contribution in [2.45, 2.75) is 19.4 Å². The van der Waals surface area contributed by atoms with Crippen LogP contribution >= 0.6 is 0 Å². The van der Waals surface area contributed by atoms with E-state index in [0.29, 0.717) is 11.3 Å². The molecule has 1 aliphatic rings. The van der Waals surface area contributed by atoms with Gasteiger partial charge in [0.05, 0.1) is 17.7 Å². The molecule has 2 aromatic carbocycles. The fourth-order valence-electron chi connectivity index (χ4n) is 2.74. The Balaban J connectivity index is 1.88. The Morgan fingerprint density at radius 2 is 1.84 bits per heavy atom. The highest BCUT2D eigenvalue weighted by Crippen LogP contribution is 2.29. The van der Waals surface area contributed by atoms with Crippen LogP contribution in [0, 0.1) is 6.92 Å². The highest BCUT2D eigenvalue weighted by atomic mass is 16.4. The lowest BCUT2D eigenvalue weighted by Gasteiger charge is -2.18. The van der Waals surface area contributed by atoms with E-state index in [4.69, 9.17) is 5.11 Å². The van der Waals surface area contributed by atoms with Crippen LogP contribution in [0.25, 0.3) is 0 Å². The lowest BCUT2D eigenvalue weighted by atomic mass is 10.1. The highest BCUT2D eigenvalue weighted by molar-refractivity contribution is 6.23. The van der Waals surface area contributed by atoms with E-state index in [-0.39, 0.29) is 23.4 Å². The van der Waals surface area contributed by atoms with Crippen LogP contribution in [0.3, 0.4) is 0 Å². The molecule has 0 radical (unpaired) electrons. The summed E-state index contributed by atoms with van der Waals surface area (Å²) in [7, 11) is 0. The number of aryl methyl sites for hydroxylation is 1. The number of hydrogen-bond acceptors (Lipinski definition) is 5. The summed E-state index contributed by atoms with van der Waals surface area (Å²) in [5, 5.41) is 21.4. The van der Waals surface area contributed by atoms with Crippen molar-refractivity contribution in [1.29, 1.82) is 0 Å². The minimum Gasteiger partial charge on any atom is -0.508 e. The maximum atomic E-state index is 12.7. The van der Waals surface area contributed by atoms with Gasteiger partial charge in [0.2, 0.25) is 5.91 Å². The molecule has 0 spiro atoms. The number of rotatable bonds is 4. The number of carboxylic acids is 1. The van der Waals surface area contributed by atoms with Crippen LogP contribution in [-0.2, 0) is 9.59 Å². The second-order valence-electron chi connectivity index (χ2n) is 5.82. The number of aromatic hydroxyl groups is 1. The van der Waals surface area contributed by atoms with Gasteiger partial charge >= 0.3 is 5.97 Å². The molecular weight excluding hydrogens is 324 g/mol. The summed E-state index contributed by atoms with van der Waals surface area (Å²) in [6, 6.07) is 9.74. The lowest BCUT2D eigenvalue weighted by molar-refractivity contribution is -0.121. The van der Waals surface area contributed by atoms with Gasteiger partial charge in [-0.05, 0) is 48.9 Å². The maximum Gasteiger partial charge on any atom is 0.335 e. The van der Waals surface area contributed by atoms with Crippen molar-refractivity contribution in [1.82, 2.24) is 0 Å². The number of benzene rings is 2. The van der Waals surface area contributed by atoms with E-state index in [1.165, 1.54) is 24.3 Å². The molecule has 3 rings (SSSR count). The number of imide groups is 1. The van der Waals surface area contributed by atoms with Crippen LogP contribution in [0.5, 0.6) is 5.75 Å². The first-order chi connectivity index (χ1) is 11.9. The molecule has 7 nitrogen and oxygen atoms in total. The van der Waals surface area contributed by atoms with Crippen LogP contribution in [0.2, 0.25) is 0 Å². The van der Waals surface area contributed by atoms with Crippen molar-refractivity contribution in [3.8, 4) is 5.75 Å². The molecule has 1 heterocycles. The second kappa shape index (κ2) is 6.27. The zero-order valence-electron chi connectivity index (χ0n) is 13.4. The van der Waals surface area contributed by atoms with Gasteiger partial charge in [0.25, 0.3) is 5.91 Å². The summed E-state index contributed by atoms with van der Waals surface area (Å²) in [4.78, 5) is 37.2. The van der Waals surface area contributed by atoms with Crippen LogP contribution in [0.1, 0.15) is 22.3 Å². The lowest BCUT2D eigenvalue weighted by Crippen LogP contribution is -2.35. The summed E-state index contributed by atoms with van der Waals surface area (Å²) in [5.74, 6) is -1.86. The molecule has 7 heteroatoms. The number of carbonyl (C=O) groups excluding carboxylic acids is 2. The van der Waals surface area contributed by atoms with E-state index < -0.39 is 23.8 Å². The van der Waals surface area contributed by atoms with E-state index in [0.717, 1.165) is 4.90 Å². The molecule has 1 saturated heterocycles. The third kappa shape index (κ3) is 3.16. The summed E-state index contributed by atoms with van der Waals surface area (Å²) in [5.41, 5.74) is 1.53. The quantitative estimate of drug-likeness (QED) is 0.581. The number of nitrogens with one attached hydrogen (secondary N) is 1. The van der Waals surface area contributed by atoms with Gasteiger partial charge in [-0.2, -0.15) is 0 Å².